The molecule has 20 heavy (non-hydrogen) atoms. The summed E-state index contributed by atoms with van der Waals surface area (Å²) >= 11 is 0. The molecule has 2 N–H and O–H groups in total. The Kier molecular flexibility index (Phi) is 5.94. The first kappa shape index (κ1) is 16.4. The quantitative estimate of drug-likeness (QED) is 0.702. The highest BCUT2D eigenvalue weighted by atomic mass is 16.4. The first-order chi connectivity index (χ1) is 9.32. The number of nitrogens with zero attached hydrogens (tertiary/aromatic N) is 2. The van der Waals surface area contributed by atoms with E-state index in [4.69, 9.17) is 5.11 Å². The van der Waals surface area contributed by atoms with Gasteiger partial charge in [-0.3, -0.25) is 19.7 Å². The Labute approximate surface area is 118 Å². The van der Waals surface area contributed by atoms with Crippen molar-refractivity contribution in [2.45, 2.75) is 25.8 Å². The van der Waals surface area contributed by atoms with Crippen LogP contribution in [0.15, 0.2) is 0 Å². The molecule has 0 aromatic rings. The first-order valence-electron chi connectivity index (χ1n) is 6.78. The number of carboxylic acid groups (broad SMARTS) is 1. The molecule has 1 rings (SSSR count). The SMILES string of the molecule is CC(NCC(=O)N1CCC(C(=O)O)CC1)C(=O)N(C)C. The van der Waals surface area contributed by atoms with E-state index >= 15 is 0 Å². The van der Waals surface area contributed by atoms with Crippen LogP contribution in [0.25, 0.3) is 0 Å². The zero-order valence-corrected chi connectivity index (χ0v) is 12.3. The van der Waals surface area contributed by atoms with Gasteiger partial charge < -0.3 is 14.9 Å². The molecule has 1 atom stereocenters. The predicted octanol–water partition coefficient (Wildman–Crippen LogP) is -0.624. The molecule has 0 saturated carbocycles. The molecule has 7 heteroatoms. The van der Waals surface area contributed by atoms with Crippen LogP contribution in [-0.4, -0.2) is 72.5 Å². The molecule has 1 saturated heterocycles. The summed E-state index contributed by atoms with van der Waals surface area (Å²) in [6.45, 7) is 2.74. The minimum Gasteiger partial charge on any atom is -0.481 e. The topological polar surface area (TPSA) is 90.0 Å². The van der Waals surface area contributed by atoms with Gasteiger partial charge in [0.25, 0.3) is 0 Å². The Morgan fingerprint density at radius 3 is 2.30 bits per heavy atom. The van der Waals surface area contributed by atoms with Crippen LogP contribution in [0.5, 0.6) is 0 Å². The van der Waals surface area contributed by atoms with E-state index in [2.05, 4.69) is 5.32 Å². The number of carbonyl (C=O) groups is 3. The monoisotopic (exact) mass is 285 g/mol. The van der Waals surface area contributed by atoms with Crippen molar-refractivity contribution in [2.75, 3.05) is 33.7 Å². The number of hydrogen-bond donors (Lipinski definition) is 2. The number of rotatable bonds is 5. The summed E-state index contributed by atoms with van der Waals surface area (Å²) in [7, 11) is 3.33. The number of hydrogen-bond acceptors (Lipinski definition) is 4. The minimum absolute atomic E-state index is 0.0811. The molecule has 1 fully saturated rings. The van der Waals surface area contributed by atoms with Gasteiger partial charge in [0, 0.05) is 27.2 Å². The van der Waals surface area contributed by atoms with Crippen LogP contribution < -0.4 is 5.32 Å². The fraction of sp³-hybridized carbons (Fsp3) is 0.769. The summed E-state index contributed by atoms with van der Waals surface area (Å²) in [5.41, 5.74) is 0. The van der Waals surface area contributed by atoms with E-state index in [0.717, 1.165) is 0 Å². The molecule has 0 aliphatic carbocycles. The molecule has 1 aliphatic heterocycles. The van der Waals surface area contributed by atoms with Gasteiger partial charge >= 0.3 is 5.97 Å². The Hall–Kier alpha value is -1.63. The molecule has 2 amide bonds. The molecule has 1 heterocycles. The first-order valence-corrected chi connectivity index (χ1v) is 6.78. The van der Waals surface area contributed by atoms with Crippen molar-refractivity contribution in [1.29, 1.82) is 0 Å². The lowest BCUT2D eigenvalue weighted by Crippen LogP contribution is -2.48. The number of piperidine rings is 1. The summed E-state index contributed by atoms with van der Waals surface area (Å²) in [5, 5.41) is 11.8. The van der Waals surface area contributed by atoms with Crippen molar-refractivity contribution >= 4 is 17.8 Å². The van der Waals surface area contributed by atoms with E-state index in [-0.39, 0.29) is 24.3 Å². The summed E-state index contributed by atoms with van der Waals surface area (Å²) in [6, 6.07) is -0.412. The van der Waals surface area contributed by atoms with Crippen molar-refractivity contribution in [3.63, 3.8) is 0 Å². The van der Waals surface area contributed by atoms with Gasteiger partial charge in [-0.1, -0.05) is 0 Å². The van der Waals surface area contributed by atoms with E-state index in [0.29, 0.717) is 25.9 Å². The summed E-state index contributed by atoms with van der Waals surface area (Å²) < 4.78 is 0. The van der Waals surface area contributed by atoms with Crippen LogP contribution in [0.3, 0.4) is 0 Å². The van der Waals surface area contributed by atoms with Crippen LogP contribution in [0.4, 0.5) is 0 Å². The summed E-state index contributed by atoms with van der Waals surface area (Å²) in [4.78, 5) is 37.5. The Morgan fingerprint density at radius 1 is 1.30 bits per heavy atom. The normalized spacial score (nSPS) is 17.6. The van der Waals surface area contributed by atoms with Crippen molar-refractivity contribution in [1.82, 2.24) is 15.1 Å². The smallest absolute Gasteiger partial charge is 0.306 e. The molecule has 0 radical (unpaired) electrons. The van der Waals surface area contributed by atoms with E-state index < -0.39 is 12.0 Å². The fourth-order valence-corrected chi connectivity index (χ4v) is 2.20. The highest BCUT2D eigenvalue weighted by molar-refractivity contribution is 5.83. The standard InChI is InChI=1S/C13H23N3O4/c1-9(12(18)15(2)3)14-8-11(17)16-6-4-10(5-7-16)13(19)20/h9-10,14H,4-8H2,1-3H3,(H,19,20). The van der Waals surface area contributed by atoms with Crippen LogP contribution in [0.2, 0.25) is 0 Å². The van der Waals surface area contributed by atoms with Gasteiger partial charge in [-0.25, -0.2) is 0 Å². The molecule has 1 unspecified atom stereocenters. The van der Waals surface area contributed by atoms with Crippen molar-refractivity contribution < 1.29 is 19.5 Å². The number of likely N-dealkylation sites (N-methyl/N-ethyl adjacent to an activating group) is 1. The molecule has 0 aromatic carbocycles. The Balaban J connectivity index is 2.34. The molecule has 1 aliphatic rings. The van der Waals surface area contributed by atoms with Gasteiger partial charge in [0.2, 0.25) is 11.8 Å². The lowest BCUT2D eigenvalue weighted by molar-refractivity contribution is -0.145. The highest BCUT2D eigenvalue weighted by Gasteiger charge is 2.27. The average molecular weight is 285 g/mol. The second-order valence-electron chi connectivity index (χ2n) is 5.33. The fourth-order valence-electron chi connectivity index (χ4n) is 2.20. The third-order valence-corrected chi connectivity index (χ3v) is 3.57. The van der Waals surface area contributed by atoms with Crippen LogP contribution >= 0.6 is 0 Å². The third-order valence-electron chi connectivity index (χ3n) is 3.57. The van der Waals surface area contributed by atoms with Gasteiger partial charge in [-0.2, -0.15) is 0 Å². The van der Waals surface area contributed by atoms with Gasteiger partial charge in [0.15, 0.2) is 0 Å². The van der Waals surface area contributed by atoms with Crippen molar-refractivity contribution in [3.8, 4) is 0 Å². The van der Waals surface area contributed by atoms with Gasteiger partial charge in [-0.15, -0.1) is 0 Å². The maximum absolute atomic E-state index is 12.0. The molecular formula is C13H23N3O4. The second-order valence-corrected chi connectivity index (χ2v) is 5.33. The average Bonchev–Trinajstić information content (AvgIpc) is 2.43. The van der Waals surface area contributed by atoms with E-state index in [9.17, 15) is 14.4 Å². The van der Waals surface area contributed by atoms with Gasteiger partial charge in [0.1, 0.15) is 0 Å². The summed E-state index contributed by atoms with van der Waals surface area (Å²) in [5.74, 6) is -1.31. The molecule has 0 bridgehead atoms. The summed E-state index contributed by atoms with van der Waals surface area (Å²) in [6.07, 6.45) is 0.987. The van der Waals surface area contributed by atoms with Gasteiger partial charge in [-0.05, 0) is 19.8 Å². The number of nitrogens with one attached hydrogen (secondary N) is 1. The lowest BCUT2D eigenvalue weighted by Gasteiger charge is -2.30. The van der Waals surface area contributed by atoms with E-state index in [1.807, 2.05) is 0 Å². The molecule has 0 spiro atoms. The Morgan fingerprint density at radius 2 is 1.85 bits per heavy atom. The van der Waals surface area contributed by atoms with E-state index in [1.165, 1.54) is 4.90 Å². The highest BCUT2D eigenvalue weighted by Crippen LogP contribution is 2.17. The van der Waals surface area contributed by atoms with Crippen LogP contribution in [0.1, 0.15) is 19.8 Å². The number of likely N-dealkylation sites (tertiary alicyclic amines) is 1. The van der Waals surface area contributed by atoms with Crippen molar-refractivity contribution in [2.24, 2.45) is 5.92 Å². The van der Waals surface area contributed by atoms with Gasteiger partial charge in [0.05, 0.1) is 18.5 Å². The second kappa shape index (κ2) is 7.23. The number of aliphatic carboxylic acids is 1. The maximum Gasteiger partial charge on any atom is 0.306 e. The maximum atomic E-state index is 12.0. The lowest BCUT2D eigenvalue weighted by atomic mass is 9.97. The van der Waals surface area contributed by atoms with E-state index in [1.54, 1.807) is 25.9 Å². The predicted molar refractivity (Wildman–Crippen MR) is 73.1 cm³/mol. The zero-order chi connectivity index (χ0) is 15.3. The molecule has 0 aromatic heterocycles. The molecule has 114 valence electrons. The number of amides is 2. The minimum atomic E-state index is -0.791. The largest absolute Gasteiger partial charge is 0.481 e. The van der Waals surface area contributed by atoms with Crippen LogP contribution in [0, 0.1) is 5.92 Å². The number of carbonyl (C=O) groups excluding carboxylic acids is 2. The zero-order valence-electron chi connectivity index (χ0n) is 12.3. The third kappa shape index (κ3) is 4.48. The van der Waals surface area contributed by atoms with Crippen molar-refractivity contribution in [3.05, 3.63) is 0 Å². The molecular weight excluding hydrogens is 262 g/mol. The molecule has 7 nitrogen and oxygen atoms in total. The van der Waals surface area contributed by atoms with Crippen LogP contribution in [-0.2, 0) is 14.4 Å². The number of carboxylic acids is 1. The Bertz CT molecular complexity index is 376.